The summed E-state index contributed by atoms with van der Waals surface area (Å²) in [5.41, 5.74) is 0. The van der Waals surface area contributed by atoms with Crippen LogP contribution in [-0.2, 0) is 9.47 Å². The van der Waals surface area contributed by atoms with Gasteiger partial charge in [-0.25, -0.2) is 19.6 Å². The molecule has 1 N–H and O–H groups in total. The molecule has 12 nitrogen and oxygen atoms in total. The number of anilines is 1. The smallest absolute Gasteiger partial charge is 0.376 e. The number of nitrogens with zero attached hydrogens (tertiary/aromatic N) is 5. The Morgan fingerprint density at radius 1 is 0.886 bits per heavy atom. The molecule has 13 heteroatoms. The third-order valence-electron chi connectivity index (χ3n) is 5.04. The van der Waals surface area contributed by atoms with Crippen LogP contribution in [0, 0.1) is 0 Å². The largest absolute Gasteiger partial charge is 0.460 e. The van der Waals surface area contributed by atoms with Crippen molar-refractivity contribution in [1.29, 1.82) is 0 Å². The molecule has 0 unspecified atom stereocenters. The average Bonchev–Trinajstić information content (AvgIpc) is 3.51. The van der Waals surface area contributed by atoms with E-state index in [1.807, 2.05) is 4.90 Å². The summed E-state index contributed by atoms with van der Waals surface area (Å²) in [5, 5.41) is 3.21. The molecule has 4 heterocycles. The standard InChI is InChI=1S/C11H17N3O3.C6H6ClNO3.C5H12N2/c1-3-16-10(15)9-8-12-11(17-9)14-6-4-13(2)5-7-14;1-2-10-5(9)4-3-8-6(7)11-4;1-7-4-2-6-3-5-7/h8H,3-7H2,1-2H3;3H,2H2,1H3;6H,2-5H2,1H3. The summed E-state index contributed by atoms with van der Waals surface area (Å²) in [6.07, 6.45) is 2.64. The summed E-state index contributed by atoms with van der Waals surface area (Å²) in [6.45, 7) is 12.5. The van der Waals surface area contributed by atoms with Crippen LogP contribution in [0.3, 0.4) is 0 Å². The van der Waals surface area contributed by atoms with Crippen molar-refractivity contribution in [2.75, 3.05) is 84.6 Å². The molecular formula is C22H35ClN6O6. The molecule has 0 radical (unpaired) electrons. The van der Waals surface area contributed by atoms with Crippen LogP contribution in [0.25, 0.3) is 0 Å². The first-order chi connectivity index (χ1) is 16.8. The molecule has 0 aliphatic carbocycles. The fraction of sp³-hybridized carbons (Fsp3) is 0.636. The molecule has 2 aromatic rings. The Bertz CT molecular complexity index is 893. The summed E-state index contributed by atoms with van der Waals surface area (Å²) < 4.78 is 19.5. The van der Waals surface area contributed by atoms with E-state index in [0.29, 0.717) is 19.2 Å². The highest BCUT2D eigenvalue weighted by Crippen LogP contribution is 2.16. The van der Waals surface area contributed by atoms with E-state index in [0.717, 1.165) is 39.3 Å². The van der Waals surface area contributed by atoms with Gasteiger partial charge in [-0.3, -0.25) is 0 Å². The quantitative estimate of drug-likeness (QED) is 0.582. The minimum absolute atomic E-state index is 0.0249. The van der Waals surface area contributed by atoms with Crippen molar-refractivity contribution in [1.82, 2.24) is 25.1 Å². The van der Waals surface area contributed by atoms with Crippen LogP contribution in [0.15, 0.2) is 21.2 Å². The molecule has 2 aliphatic heterocycles. The monoisotopic (exact) mass is 514 g/mol. The lowest BCUT2D eigenvalue weighted by atomic mass is 10.3. The molecule has 35 heavy (non-hydrogen) atoms. The van der Waals surface area contributed by atoms with Gasteiger partial charge in [0, 0.05) is 52.4 Å². The van der Waals surface area contributed by atoms with Gasteiger partial charge >= 0.3 is 11.9 Å². The summed E-state index contributed by atoms with van der Waals surface area (Å²) >= 11 is 5.32. The van der Waals surface area contributed by atoms with E-state index in [4.69, 9.17) is 20.8 Å². The molecule has 196 valence electrons. The predicted molar refractivity (Wildman–Crippen MR) is 130 cm³/mol. The van der Waals surface area contributed by atoms with Crippen molar-refractivity contribution in [2.24, 2.45) is 0 Å². The Morgan fingerprint density at radius 2 is 1.40 bits per heavy atom. The third kappa shape index (κ3) is 10.2. The highest BCUT2D eigenvalue weighted by Gasteiger charge is 2.21. The molecule has 0 saturated carbocycles. The number of esters is 2. The molecule has 2 aromatic heterocycles. The number of hydrogen-bond acceptors (Lipinski definition) is 12. The van der Waals surface area contributed by atoms with Crippen LogP contribution in [0.5, 0.6) is 0 Å². The molecular weight excluding hydrogens is 480 g/mol. The number of aromatic nitrogens is 2. The van der Waals surface area contributed by atoms with Crippen molar-refractivity contribution in [2.45, 2.75) is 13.8 Å². The zero-order valence-corrected chi connectivity index (χ0v) is 21.5. The minimum atomic E-state index is -0.549. The topological polar surface area (TPSA) is 126 Å². The number of halogens is 1. The van der Waals surface area contributed by atoms with Crippen molar-refractivity contribution >= 4 is 29.6 Å². The number of hydrogen-bond donors (Lipinski definition) is 1. The van der Waals surface area contributed by atoms with E-state index < -0.39 is 11.9 Å². The van der Waals surface area contributed by atoms with E-state index in [1.54, 1.807) is 13.8 Å². The van der Waals surface area contributed by atoms with E-state index in [1.165, 1.54) is 25.5 Å². The number of likely N-dealkylation sites (N-methyl/N-ethyl adjacent to an activating group) is 2. The molecule has 0 bridgehead atoms. The summed E-state index contributed by atoms with van der Waals surface area (Å²) in [6, 6.07) is 0.501. The van der Waals surface area contributed by atoms with Crippen LogP contribution in [0.4, 0.5) is 6.01 Å². The average molecular weight is 515 g/mol. The maximum atomic E-state index is 11.4. The lowest BCUT2D eigenvalue weighted by molar-refractivity contribution is 0.0482. The Morgan fingerprint density at radius 3 is 1.86 bits per heavy atom. The van der Waals surface area contributed by atoms with E-state index >= 15 is 0 Å². The van der Waals surface area contributed by atoms with Gasteiger partial charge in [-0.15, -0.1) is 0 Å². The molecule has 4 rings (SSSR count). The Balaban J connectivity index is 0.000000205. The first kappa shape index (κ1) is 28.6. The van der Waals surface area contributed by atoms with Crippen LogP contribution in [-0.4, -0.2) is 111 Å². The molecule has 2 fully saturated rings. The molecule has 0 aromatic carbocycles. The van der Waals surface area contributed by atoms with Gasteiger partial charge in [0.05, 0.1) is 25.6 Å². The van der Waals surface area contributed by atoms with Gasteiger partial charge in [-0.05, 0) is 39.5 Å². The minimum Gasteiger partial charge on any atom is -0.460 e. The summed E-state index contributed by atoms with van der Waals surface area (Å²) in [5.74, 6) is -0.815. The number of piperazine rings is 2. The number of ether oxygens (including phenoxy) is 2. The molecule has 0 spiro atoms. The van der Waals surface area contributed by atoms with Gasteiger partial charge in [0.2, 0.25) is 11.5 Å². The van der Waals surface area contributed by atoms with Crippen molar-refractivity contribution in [3.63, 3.8) is 0 Å². The Hall–Kier alpha value is -2.67. The van der Waals surface area contributed by atoms with Gasteiger partial charge < -0.3 is 38.3 Å². The molecule has 2 saturated heterocycles. The Labute approximate surface area is 210 Å². The van der Waals surface area contributed by atoms with E-state index in [9.17, 15) is 9.59 Å². The maximum absolute atomic E-state index is 11.4. The second-order valence-electron chi connectivity index (χ2n) is 7.77. The van der Waals surface area contributed by atoms with Gasteiger partial charge in [-0.1, -0.05) is 0 Å². The second kappa shape index (κ2) is 15.4. The van der Waals surface area contributed by atoms with Gasteiger partial charge in [0.1, 0.15) is 0 Å². The van der Waals surface area contributed by atoms with Crippen LogP contribution < -0.4 is 10.2 Å². The lowest BCUT2D eigenvalue weighted by Gasteiger charge is -2.31. The molecule has 0 atom stereocenters. The summed E-state index contributed by atoms with van der Waals surface area (Å²) in [4.78, 5) is 36.5. The van der Waals surface area contributed by atoms with Crippen LogP contribution >= 0.6 is 11.6 Å². The van der Waals surface area contributed by atoms with Crippen molar-refractivity contribution < 1.29 is 27.9 Å². The van der Waals surface area contributed by atoms with Gasteiger partial charge in [0.25, 0.3) is 11.4 Å². The number of carbonyl (C=O) groups excluding carboxylic acids is 2. The molecule has 0 amide bonds. The first-order valence-corrected chi connectivity index (χ1v) is 12.0. The number of oxazole rings is 2. The van der Waals surface area contributed by atoms with E-state index in [-0.39, 0.29) is 16.9 Å². The van der Waals surface area contributed by atoms with Gasteiger partial charge in [0.15, 0.2) is 0 Å². The number of carbonyl (C=O) groups is 2. The normalized spacial score (nSPS) is 16.4. The first-order valence-electron chi connectivity index (χ1n) is 11.6. The third-order valence-corrected chi connectivity index (χ3v) is 5.21. The van der Waals surface area contributed by atoms with Crippen molar-refractivity contribution in [3.05, 3.63) is 29.3 Å². The zero-order valence-electron chi connectivity index (χ0n) is 20.8. The second-order valence-corrected chi connectivity index (χ2v) is 8.09. The SMILES string of the molecule is CCOC(=O)c1cnc(Cl)o1.CCOC(=O)c1cnc(N2CCN(C)CC2)o1.CN1CCNCC1. The predicted octanol–water partition coefficient (Wildman–Crippen LogP) is 1.63. The number of nitrogens with one attached hydrogen (secondary N) is 1. The Kier molecular flexibility index (Phi) is 12.5. The van der Waals surface area contributed by atoms with Crippen molar-refractivity contribution in [3.8, 4) is 0 Å². The van der Waals surface area contributed by atoms with Crippen LogP contribution in [0.2, 0.25) is 5.35 Å². The molecule has 2 aliphatic rings. The highest BCUT2D eigenvalue weighted by molar-refractivity contribution is 6.27. The van der Waals surface area contributed by atoms with Crippen LogP contribution in [0.1, 0.15) is 35.0 Å². The zero-order chi connectivity index (χ0) is 25.6. The highest BCUT2D eigenvalue weighted by atomic mass is 35.5. The van der Waals surface area contributed by atoms with E-state index in [2.05, 4.69) is 48.3 Å². The fourth-order valence-corrected chi connectivity index (χ4v) is 3.16. The van der Waals surface area contributed by atoms with Gasteiger partial charge in [-0.2, -0.15) is 0 Å². The number of rotatable bonds is 5. The summed E-state index contributed by atoms with van der Waals surface area (Å²) in [7, 11) is 4.23. The maximum Gasteiger partial charge on any atom is 0.376 e. The fourth-order valence-electron chi connectivity index (χ4n) is 3.03. The lowest BCUT2D eigenvalue weighted by Crippen LogP contribution is -2.44.